The Morgan fingerprint density at radius 1 is 1.41 bits per heavy atom. The van der Waals surface area contributed by atoms with E-state index in [1.165, 1.54) is 0 Å². The number of benzene rings is 1. The maximum absolute atomic E-state index is 11.4. The van der Waals surface area contributed by atoms with Gasteiger partial charge in [0.2, 0.25) is 0 Å². The number of esters is 1. The molecule has 0 aliphatic rings. The molecule has 0 spiro atoms. The van der Waals surface area contributed by atoms with E-state index in [9.17, 15) is 9.59 Å². The van der Waals surface area contributed by atoms with Crippen molar-refractivity contribution < 1.29 is 19.1 Å². The second-order valence-corrected chi connectivity index (χ2v) is 3.62. The van der Waals surface area contributed by atoms with Crippen LogP contribution in [0.1, 0.15) is 28.4 Å². The molecule has 0 heterocycles. The fraction of sp³-hybridized carbons (Fsp3) is 0.385. The summed E-state index contributed by atoms with van der Waals surface area (Å²) in [7, 11) is 1.55. The molecule has 0 saturated heterocycles. The maximum Gasteiger partial charge on any atom is 0.310 e. The molecule has 0 radical (unpaired) electrons. The molecule has 1 aromatic rings. The SMILES string of the molecule is CCOC(=O)Cc1cc(OC)cc(C)c1C=O. The number of carbonyl (C=O) groups is 2. The van der Waals surface area contributed by atoms with Crippen LogP contribution in [0.2, 0.25) is 0 Å². The first kappa shape index (κ1) is 13.2. The van der Waals surface area contributed by atoms with Crippen LogP contribution in [0.5, 0.6) is 5.75 Å². The van der Waals surface area contributed by atoms with E-state index in [2.05, 4.69) is 0 Å². The third kappa shape index (κ3) is 3.31. The molecule has 0 N–H and O–H groups in total. The summed E-state index contributed by atoms with van der Waals surface area (Å²) in [5.41, 5.74) is 1.95. The molecular weight excluding hydrogens is 220 g/mol. The summed E-state index contributed by atoms with van der Waals surface area (Å²) in [6.07, 6.45) is 0.837. The van der Waals surface area contributed by atoms with Gasteiger partial charge in [-0.3, -0.25) is 9.59 Å². The van der Waals surface area contributed by atoms with Gasteiger partial charge in [-0.2, -0.15) is 0 Å². The van der Waals surface area contributed by atoms with E-state index in [1.807, 2.05) is 0 Å². The van der Waals surface area contributed by atoms with E-state index < -0.39 is 0 Å². The lowest BCUT2D eigenvalue weighted by molar-refractivity contribution is -0.142. The topological polar surface area (TPSA) is 52.6 Å². The van der Waals surface area contributed by atoms with Gasteiger partial charge in [0.25, 0.3) is 0 Å². The highest BCUT2D eigenvalue weighted by atomic mass is 16.5. The summed E-state index contributed by atoms with van der Waals surface area (Å²) in [6.45, 7) is 3.88. The molecule has 0 bridgehead atoms. The normalized spacial score (nSPS) is 9.82. The van der Waals surface area contributed by atoms with Crippen LogP contribution >= 0.6 is 0 Å². The van der Waals surface area contributed by atoms with E-state index >= 15 is 0 Å². The van der Waals surface area contributed by atoms with Crippen molar-refractivity contribution in [2.45, 2.75) is 20.3 Å². The standard InChI is InChI=1S/C13H16O4/c1-4-17-13(15)7-10-6-11(16-3)5-9(2)12(10)8-14/h5-6,8H,4,7H2,1-3H3. The lowest BCUT2D eigenvalue weighted by Crippen LogP contribution is -2.10. The van der Waals surface area contributed by atoms with Gasteiger partial charge < -0.3 is 9.47 Å². The number of aryl methyl sites for hydroxylation is 1. The number of aldehydes is 1. The molecule has 0 amide bonds. The van der Waals surface area contributed by atoms with Crippen LogP contribution in [0.25, 0.3) is 0 Å². The van der Waals surface area contributed by atoms with Crippen molar-refractivity contribution in [1.82, 2.24) is 0 Å². The van der Waals surface area contributed by atoms with Gasteiger partial charge in [0.1, 0.15) is 5.75 Å². The maximum atomic E-state index is 11.4. The van der Waals surface area contributed by atoms with Crippen molar-refractivity contribution in [1.29, 1.82) is 0 Å². The van der Waals surface area contributed by atoms with Crippen molar-refractivity contribution in [3.63, 3.8) is 0 Å². The quantitative estimate of drug-likeness (QED) is 0.579. The highest BCUT2D eigenvalue weighted by Crippen LogP contribution is 2.21. The molecule has 0 atom stereocenters. The van der Waals surface area contributed by atoms with Crippen molar-refractivity contribution >= 4 is 12.3 Å². The van der Waals surface area contributed by atoms with Gasteiger partial charge >= 0.3 is 5.97 Å². The molecule has 0 aliphatic heterocycles. The molecule has 4 heteroatoms. The van der Waals surface area contributed by atoms with Crippen LogP contribution in [0.15, 0.2) is 12.1 Å². The van der Waals surface area contributed by atoms with Gasteiger partial charge in [-0.1, -0.05) is 0 Å². The van der Waals surface area contributed by atoms with Crippen LogP contribution in [0.4, 0.5) is 0 Å². The zero-order valence-electron chi connectivity index (χ0n) is 10.3. The number of carbonyl (C=O) groups excluding carboxylic acids is 2. The number of methoxy groups -OCH3 is 1. The van der Waals surface area contributed by atoms with E-state index in [4.69, 9.17) is 9.47 Å². The highest BCUT2D eigenvalue weighted by Gasteiger charge is 2.12. The first-order valence-electron chi connectivity index (χ1n) is 5.40. The summed E-state index contributed by atoms with van der Waals surface area (Å²) in [6, 6.07) is 3.45. The molecule has 0 fully saturated rings. The minimum absolute atomic E-state index is 0.0833. The Balaban J connectivity index is 3.06. The van der Waals surface area contributed by atoms with E-state index in [0.717, 1.165) is 11.8 Å². The number of hydrogen-bond donors (Lipinski definition) is 0. The largest absolute Gasteiger partial charge is 0.497 e. The lowest BCUT2D eigenvalue weighted by atomic mass is 10.00. The molecule has 0 saturated carbocycles. The van der Waals surface area contributed by atoms with E-state index in [0.29, 0.717) is 23.5 Å². The predicted octanol–water partition coefficient (Wildman–Crippen LogP) is 1.92. The summed E-state index contributed by atoms with van der Waals surface area (Å²) in [5, 5.41) is 0. The van der Waals surface area contributed by atoms with Crippen molar-refractivity contribution in [3.05, 3.63) is 28.8 Å². The average Bonchev–Trinajstić information content (AvgIpc) is 2.28. The third-order valence-electron chi connectivity index (χ3n) is 2.44. The fourth-order valence-electron chi connectivity index (χ4n) is 1.64. The summed E-state index contributed by atoms with van der Waals surface area (Å²) < 4.78 is 9.97. The van der Waals surface area contributed by atoms with Crippen molar-refractivity contribution in [3.8, 4) is 5.75 Å². The number of ether oxygens (including phenoxy) is 2. The fourth-order valence-corrected chi connectivity index (χ4v) is 1.64. The van der Waals surface area contributed by atoms with Gasteiger partial charge in [-0.25, -0.2) is 0 Å². The molecule has 0 unspecified atom stereocenters. The Bertz CT molecular complexity index is 424. The van der Waals surface area contributed by atoms with E-state index in [1.54, 1.807) is 33.1 Å². The second-order valence-electron chi connectivity index (χ2n) is 3.62. The minimum Gasteiger partial charge on any atom is -0.497 e. The molecule has 17 heavy (non-hydrogen) atoms. The second kappa shape index (κ2) is 6.03. The monoisotopic (exact) mass is 236 g/mol. The zero-order valence-corrected chi connectivity index (χ0v) is 10.3. The van der Waals surface area contributed by atoms with Gasteiger partial charge in [0.05, 0.1) is 20.1 Å². The van der Waals surface area contributed by atoms with Crippen molar-refractivity contribution in [2.75, 3.05) is 13.7 Å². The Hall–Kier alpha value is -1.84. The van der Waals surface area contributed by atoms with Gasteiger partial charge in [-0.05, 0) is 37.1 Å². The smallest absolute Gasteiger partial charge is 0.310 e. The van der Waals surface area contributed by atoms with Crippen LogP contribution in [-0.2, 0) is 16.0 Å². The first-order valence-corrected chi connectivity index (χ1v) is 5.40. The number of hydrogen-bond acceptors (Lipinski definition) is 4. The molecule has 0 aliphatic carbocycles. The van der Waals surface area contributed by atoms with Crippen LogP contribution in [-0.4, -0.2) is 26.0 Å². The van der Waals surface area contributed by atoms with Crippen LogP contribution < -0.4 is 4.74 Å². The predicted molar refractivity (Wildman–Crippen MR) is 63.5 cm³/mol. The summed E-state index contributed by atoms with van der Waals surface area (Å²) in [4.78, 5) is 22.4. The lowest BCUT2D eigenvalue weighted by Gasteiger charge is -2.10. The van der Waals surface area contributed by atoms with Crippen LogP contribution in [0, 0.1) is 6.92 Å². The molecular formula is C13H16O4. The highest BCUT2D eigenvalue weighted by molar-refractivity contribution is 5.84. The van der Waals surface area contributed by atoms with Crippen LogP contribution in [0.3, 0.4) is 0 Å². The third-order valence-corrected chi connectivity index (χ3v) is 2.44. The summed E-state index contributed by atoms with van der Waals surface area (Å²) >= 11 is 0. The average molecular weight is 236 g/mol. The van der Waals surface area contributed by atoms with Gasteiger partial charge in [0, 0.05) is 5.56 Å². The zero-order chi connectivity index (χ0) is 12.8. The van der Waals surface area contributed by atoms with Gasteiger partial charge in [-0.15, -0.1) is 0 Å². The Labute approximate surface area is 101 Å². The first-order chi connectivity index (χ1) is 8.12. The molecule has 1 rings (SSSR count). The van der Waals surface area contributed by atoms with E-state index in [-0.39, 0.29) is 12.4 Å². The minimum atomic E-state index is -0.344. The molecule has 92 valence electrons. The molecule has 4 nitrogen and oxygen atoms in total. The van der Waals surface area contributed by atoms with Crippen molar-refractivity contribution in [2.24, 2.45) is 0 Å². The molecule has 0 aromatic heterocycles. The summed E-state index contributed by atoms with van der Waals surface area (Å²) in [5.74, 6) is 0.288. The Kier molecular flexibility index (Phi) is 4.69. The Morgan fingerprint density at radius 3 is 2.65 bits per heavy atom. The number of rotatable bonds is 5. The van der Waals surface area contributed by atoms with Gasteiger partial charge in [0.15, 0.2) is 6.29 Å². The Morgan fingerprint density at radius 2 is 2.12 bits per heavy atom. The molecule has 1 aromatic carbocycles.